The molecule has 0 aromatic heterocycles. The van der Waals surface area contributed by atoms with Crippen molar-refractivity contribution < 1.29 is 31.8 Å². The third kappa shape index (κ3) is 5.24. The highest BCUT2D eigenvalue weighted by Gasteiger charge is 2.31. The van der Waals surface area contributed by atoms with Crippen molar-refractivity contribution in [2.75, 3.05) is 0 Å². The van der Waals surface area contributed by atoms with E-state index in [0.29, 0.717) is 11.8 Å². The summed E-state index contributed by atoms with van der Waals surface area (Å²) in [6, 6.07) is 8.80. The van der Waals surface area contributed by atoms with E-state index in [2.05, 4.69) is 11.7 Å². The van der Waals surface area contributed by atoms with Gasteiger partial charge in [0, 0.05) is 0 Å². The van der Waals surface area contributed by atoms with Crippen LogP contribution in [0.15, 0.2) is 42.5 Å². The fourth-order valence-corrected chi connectivity index (χ4v) is 3.40. The summed E-state index contributed by atoms with van der Waals surface area (Å²) >= 11 is 0. The lowest BCUT2D eigenvalue weighted by Gasteiger charge is -2.26. The van der Waals surface area contributed by atoms with Gasteiger partial charge in [-0.1, -0.05) is 25.8 Å². The van der Waals surface area contributed by atoms with Gasteiger partial charge in [-0.05, 0) is 66.6 Å². The molecule has 0 bridgehead atoms. The highest BCUT2D eigenvalue weighted by Crippen LogP contribution is 2.36. The Hall–Kier alpha value is -2.57. The summed E-state index contributed by atoms with van der Waals surface area (Å²) in [6.07, 6.45) is -0.588. The van der Waals surface area contributed by atoms with Gasteiger partial charge in [0.2, 0.25) is 0 Å². The van der Waals surface area contributed by atoms with E-state index in [1.54, 1.807) is 6.07 Å². The maximum atomic E-state index is 14.4. The Kier molecular flexibility index (Phi) is 5.91. The minimum Gasteiger partial charge on any atom is -0.420 e. The number of esters is 1. The molecule has 0 atom stereocenters. The average Bonchev–Trinajstić information content (AvgIpc) is 2.63. The Labute approximate surface area is 160 Å². The standard InChI is InChI=1S/C21H20F4O3/c1-13-2-4-14(5-3-13)16-8-11-19(18(22)12-16)27-20(26)15-6-9-17(10-7-15)28-21(23,24)25/h6-14H,2-5H2,1H3. The fourth-order valence-electron chi connectivity index (χ4n) is 3.40. The van der Waals surface area contributed by atoms with E-state index in [0.717, 1.165) is 55.5 Å². The molecule has 3 rings (SSSR count). The van der Waals surface area contributed by atoms with E-state index in [1.165, 1.54) is 12.1 Å². The van der Waals surface area contributed by atoms with Crippen LogP contribution < -0.4 is 9.47 Å². The molecule has 0 spiro atoms. The van der Waals surface area contributed by atoms with Gasteiger partial charge in [0.05, 0.1) is 5.56 Å². The molecule has 0 radical (unpaired) electrons. The molecule has 0 N–H and O–H groups in total. The lowest BCUT2D eigenvalue weighted by Crippen LogP contribution is -2.17. The second-order valence-electron chi connectivity index (χ2n) is 7.11. The van der Waals surface area contributed by atoms with E-state index in [1.807, 2.05) is 0 Å². The van der Waals surface area contributed by atoms with E-state index in [4.69, 9.17) is 4.74 Å². The summed E-state index contributed by atoms with van der Waals surface area (Å²) in [5.41, 5.74) is 0.872. The molecular formula is C21H20F4O3. The molecule has 0 unspecified atom stereocenters. The molecule has 0 aliphatic heterocycles. The first-order valence-corrected chi connectivity index (χ1v) is 9.08. The Morgan fingerprint density at radius 2 is 1.64 bits per heavy atom. The number of carbonyl (C=O) groups is 1. The van der Waals surface area contributed by atoms with Crippen LogP contribution in [0.25, 0.3) is 0 Å². The van der Waals surface area contributed by atoms with Crippen LogP contribution >= 0.6 is 0 Å². The molecule has 1 aliphatic carbocycles. The number of ether oxygens (including phenoxy) is 2. The van der Waals surface area contributed by atoms with E-state index in [9.17, 15) is 22.4 Å². The van der Waals surface area contributed by atoms with Gasteiger partial charge < -0.3 is 9.47 Å². The van der Waals surface area contributed by atoms with Crippen molar-refractivity contribution in [1.82, 2.24) is 0 Å². The molecule has 1 saturated carbocycles. The molecule has 3 nitrogen and oxygen atoms in total. The Morgan fingerprint density at radius 1 is 1.00 bits per heavy atom. The number of halogens is 4. The first-order chi connectivity index (χ1) is 13.2. The van der Waals surface area contributed by atoms with Crippen LogP contribution in [0.2, 0.25) is 0 Å². The first kappa shape index (κ1) is 20.2. The Balaban J connectivity index is 1.65. The molecule has 2 aromatic rings. The molecule has 1 aliphatic rings. The number of hydrogen-bond donors (Lipinski definition) is 0. The SMILES string of the molecule is CC1CCC(c2ccc(OC(=O)c3ccc(OC(F)(F)F)cc3)c(F)c2)CC1. The van der Waals surface area contributed by atoms with E-state index < -0.39 is 23.9 Å². The highest BCUT2D eigenvalue weighted by molar-refractivity contribution is 5.91. The highest BCUT2D eigenvalue weighted by atomic mass is 19.4. The smallest absolute Gasteiger partial charge is 0.420 e. The average molecular weight is 396 g/mol. The molecule has 7 heteroatoms. The Bertz CT molecular complexity index is 823. The fraction of sp³-hybridized carbons (Fsp3) is 0.381. The summed E-state index contributed by atoms with van der Waals surface area (Å²) in [4.78, 5) is 12.1. The van der Waals surface area contributed by atoms with Gasteiger partial charge in [-0.25, -0.2) is 9.18 Å². The molecule has 2 aromatic carbocycles. The van der Waals surface area contributed by atoms with Gasteiger partial charge in [-0.3, -0.25) is 0 Å². The summed E-state index contributed by atoms with van der Waals surface area (Å²) in [6.45, 7) is 2.21. The molecule has 0 saturated heterocycles. The second-order valence-corrected chi connectivity index (χ2v) is 7.11. The van der Waals surface area contributed by atoms with Crippen molar-refractivity contribution in [3.05, 3.63) is 59.4 Å². The first-order valence-electron chi connectivity index (χ1n) is 9.08. The lowest BCUT2D eigenvalue weighted by atomic mass is 9.79. The van der Waals surface area contributed by atoms with Crippen LogP contribution in [0.4, 0.5) is 17.6 Å². The Morgan fingerprint density at radius 3 is 2.21 bits per heavy atom. The van der Waals surface area contributed by atoms with E-state index >= 15 is 0 Å². The maximum absolute atomic E-state index is 14.4. The monoisotopic (exact) mass is 396 g/mol. The van der Waals surface area contributed by atoms with Crippen molar-refractivity contribution in [2.24, 2.45) is 5.92 Å². The van der Waals surface area contributed by atoms with Gasteiger partial charge in [0.1, 0.15) is 5.75 Å². The largest absolute Gasteiger partial charge is 0.573 e. The van der Waals surface area contributed by atoms with Gasteiger partial charge in [-0.15, -0.1) is 13.2 Å². The molecular weight excluding hydrogens is 376 g/mol. The van der Waals surface area contributed by atoms with Crippen LogP contribution in [0.3, 0.4) is 0 Å². The molecule has 28 heavy (non-hydrogen) atoms. The number of carbonyl (C=O) groups excluding carboxylic acids is 1. The minimum absolute atomic E-state index is 0.0146. The zero-order valence-electron chi connectivity index (χ0n) is 15.3. The predicted molar refractivity (Wildman–Crippen MR) is 94.9 cm³/mol. The van der Waals surface area contributed by atoms with Crippen molar-refractivity contribution >= 4 is 5.97 Å². The zero-order valence-corrected chi connectivity index (χ0v) is 15.3. The van der Waals surface area contributed by atoms with Crippen LogP contribution in [0, 0.1) is 11.7 Å². The van der Waals surface area contributed by atoms with E-state index in [-0.39, 0.29) is 11.3 Å². The van der Waals surface area contributed by atoms with Crippen molar-refractivity contribution in [2.45, 2.75) is 44.9 Å². The van der Waals surface area contributed by atoms with Crippen LogP contribution in [0.5, 0.6) is 11.5 Å². The molecule has 0 amide bonds. The number of alkyl halides is 3. The van der Waals surface area contributed by atoms with Crippen LogP contribution in [-0.2, 0) is 0 Å². The third-order valence-corrected chi connectivity index (χ3v) is 4.97. The minimum atomic E-state index is -4.82. The number of rotatable bonds is 4. The summed E-state index contributed by atoms with van der Waals surface area (Å²) in [7, 11) is 0. The number of benzene rings is 2. The maximum Gasteiger partial charge on any atom is 0.573 e. The van der Waals surface area contributed by atoms with Crippen molar-refractivity contribution in [3.63, 3.8) is 0 Å². The lowest BCUT2D eigenvalue weighted by molar-refractivity contribution is -0.274. The summed E-state index contributed by atoms with van der Waals surface area (Å²) < 4.78 is 59.7. The van der Waals surface area contributed by atoms with Crippen molar-refractivity contribution in [1.29, 1.82) is 0 Å². The van der Waals surface area contributed by atoms with Gasteiger partial charge in [-0.2, -0.15) is 0 Å². The second kappa shape index (κ2) is 8.20. The predicted octanol–water partition coefficient (Wildman–Crippen LogP) is 6.24. The van der Waals surface area contributed by atoms with Gasteiger partial charge in [0.15, 0.2) is 11.6 Å². The van der Waals surface area contributed by atoms with Gasteiger partial charge >= 0.3 is 12.3 Å². The zero-order chi connectivity index (χ0) is 20.3. The quantitative estimate of drug-likeness (QED) is 0.349. The summed E-state index contributed by atoms with van der Waals surface area (Å²) in [5.74, 6) is -1.18. The third-order valence-electron chi connectivity index (χ3n) is 4.97. The van der Waals surface area contributed by atoms with Crippen molar-refractivity contribution in [3.8, 4) is 11.5 Å². The van der Waals surface area contributed by atoms with Crippen LogP contribution in [0.1, 0.15) is 54.4 Å². The molecule has 1 fully saturated rings. The molecule has 150 valence electrons. The normalized spacial score (nSPS) is 19.9. The van der Waals surface area contributed by atoms with Gasteiger partial charge in [0.25, 0.3) is 0 Å². The van der Waals surface area contributed by atoms with Crippen LogP contribution in [-0.4, -0.2) is 12.3 Å². The summed E-state index contributed by atoms with van der Waals surface area (Å²) in [5, 5.41) is 0. The molecule has 0 heterocycles. The number of hydrogen-bond acceptors (Lipinski definition) is 3. The topological polar surface area (TPSA) is 35.5 Å².